The van der Waals surface area contributed by atoms with Crippen LogP contribution in [0, 0.1) is 0 Å². The Morgan fingerprint density at radius 1 is 1.17 bits per heavy atom. The van der Waals surface area contributed by atoms with Crippen molar-refractivity contribution in [2.75, 3.05) is 13.7 Å². The van der Waals surface area contributed by atoms with Crippen molar-refractivity contribution in [2.45, 2.75) is 50.3 Å². The number of rotatable bonds is 3. The fourth-order valence-corrected chi connectivity index (χ4v) is 3.51. The molecule has 2 amide bonds. The van der Waals surface area contributed by atoms with Crippen molar-refractivity contribution in [1.29, 1.82) is 0 Å². The van der Waals surface area contributed by atoms with Gasteiger partial charge in [0.1, 0.15) is 6.61 Å². The summed E-state index contributed by atoms with van der Waals surface area (Å²) in [4.78, 5) is 26.4. The molecular weight excluding hydrogens is 292 g/mol. The van der Waals surface area contributed by atoms with E-state index in [1.165, 1.54) is 6.42 Å². The molecule has 23 heavy (non-hydrogen) atoms. The molecule has 1 aliphatic carbocycles. The molecule has 2 aliphatic rings. The summed E-state index contributed by atoms with van der Waals surface area (Å²) < 4.78 is 5.63. The van der Waals surface area contributed by atoms with Crippen LogP contribution in [-0.4, -0.2) is 42.5 Å². The van der Waals surface area contributed by atoms with Gasteiger partial charge in [-0.3, -0.25) is 9.59 Å². The van der Waals surface area contributed by atoms with E-state index in [0.29, 0.717) is 0 Å². The molecule has 0 radical (unpaired) electrons. The van der Waals surface area contributed by atoms with Gasteiger partial charge in [0, 0.05) is 13.1 Å². The van der Waals surface area contributed by atoms with Gasteiger partial charge in [0.2, 0.25) is 5.91 Å². The summed E-state index contributed by atoms with van der Waals surface area (Å²) in [5, 5.41) is 3.12. The number of hydrogen-bond acceptors (Lipinski definition) is 3. The molecular formula is C18H24N2O3. The van der Waals surface area contributed by atoms with Crippen LogP contribution in [0.25, 0.3) is 0 Å². The molecule has 0 bridgehead atoms. The monoisotopic (exact) mass is 316 g/mol. The Morgan fingerprint density at radius 3 is 2.57 bits per heavy atom. The lowest BCUT2D eigenvalue weighted by molar-refractivity contribution is -0.162. The number of morpholine rings is 1. The highest BCUT2D eigenvalue weighted by molar-refractivity contribution is 5.86. The third-order valence-electron chi connectivity index (χ3n) is 4.83. The van der Waals surface area contributed by atoms with Crippen LogP contribution < -0.4 is 5.32 Å². The van der Waals surface area contributed by atoms with Gasteiger partial charge >= 0.3 is 0 Å². The first kappa shape index (κ1) is 16.0. The van der Waals surface area contributed by atoms with E-state index in [2.05, 4.69) is 5.32 Å². The van der Waals surface area contributed by atoms with E-state index in [-0.39, 0.29) is 30.5 Å². The lowest BCUT2D eigenvalue weighted by atomic mass is 9.94. The predicted octanol–water partition coefficient (Wildman–Crippen LogP) is 2.03. The Morgan fingerprint density at radius 2 is 1.87 bits per heavy atom. The fraction of sp³-hybridized carbons (Fsp3) is 0.556. The van der Waals surface area contributed by atoms with Crippen LogP contribution in [0.1, 0.15) is 43.7 Å². The Balaban J connectivity index is 1.77. The first-order chi connectivity index (χ1) is 11.2. The van der Waals surface area contributed by atoms with Crippen LogP contribution in [0.4, 0.5) is 0 Å². The zero-order chi connectivity index (χ0) is 16.2. The van der Waals surface area contributed by atoms with E-state index >= 15 is 0 Å². The molecule has 0 aromatic heterocycles. The minimum absolute atomic E-state index is 0.0391. The second kappa shape index (κ2) is 7.13. The van der Waals surface area contributed by atoms with Crippen molar-refractivity contribution in [3.8, 4) is 0 Å². The number of nitrogens with zero attached hydrogens (tertiary/aromatic N) is 1. The summed E-state index contributed by atoms with van der Waals surface area (Å²) in [6.07, 6.45) is 4.98. The molecule has 1 aliphatic heterocycles. The molecule has 1 saturated heterocycles. The van der Waals surface area contributed by atoms with Gasteiger partial charge in [-0.25, -0.2) is 0 Å². The summed E-state index contributed by atoms with van der Waals surface area (Å²) in [6.45, 7) is -0.0391. The molecule has 2 fully saturated rings. The molecule has 0 unspecified atom stereocenters. The highest BCUT2D eigenvalue weighted by atomic mass is 16.5. The van der Waals surface area contributed by atoms with Gasteiger partial charge in [0.05, 0.1) is 6.04 Å². The third-order valence-corrected chi connectivity index (χ3v) is 4.83. The van der Waals surface area contributed by atoms with Crippen molar-refractivity contribution < 1.29 is 14.3 Å². The predicted molar refractivity (Wildman–Crippen MR) is 86.7 cm³/mol. The number of hydrogen-bond donors (Lipinski definition) is 1. The number of amides is 2. The standard InChI is InChI=1S/C18H24N2O3/c1-20-15(21)12-23-17(16(20)13-8-4-2-5-9-13)18(22)19-14-10-6-3-7-11-14/h2,4-5,8-9,14,16-17H,3,6-7,10-12H2,1H3,(H,19,22)/t16-,17+/m0/s1. The SMILES string of the molecule is CN1C(=O)CO[C@@H](C(=O)NC2CCCCC2)[C@@H]1c1ccccc1. The average molecular weight is 316 g/mol. The maximum atomic E-state index is 12.7. The molecule has 5 heteroatoms. The molecule has 124 valence electrons. The molecule has 1 aromatic carbocycles. The topological polar surface area (TPSA) is 58.6 Å². The van der Waals surface area contributed by atoms with Crippen LogP contribution in [0.2, 0.25) is 0 Å². The molecule has 0 spiro atoms. The second-order valence-electron chi connectivity index (χ2n) is 6.44. The minimum Gasteiger partial charge on any atom is -0.356 e. The first-order valence-electron chi connectivity index (χ1n) is 8.39. The number of nitrogens with one attached hydrogen (secondary N) is 1. The molecule has 1 heterocycles. The quantitative estimate of drug-likeness (QED) is 0.928. The van der Waals surface area contributed by atoms with E-state index < -0.39 is 6.10 Å². The third kappa shape index (κ3) is 3.55. The van der Waals surface area contributed by atoms with Gasteiger partial charge in [0.25, 0.3) is 5.91 Å². The van der Waals surface area contributed by atoms with Crippen molar-refractivity contribution in [1.82, 2.24) is 10.2 Å². The minimum atomic E-state index is -0.651. The highest BCUT2D eigenvalue weighted by Gasteiger charge is 2.40. The Kier molecular flexibility index (Phi) is 4.96. The summed E-state index contributed by atoms with van der Waals surface area (Å²) in [7, 11) is 1.74. The molecule has 1 aromatic rings. The van der Waals surface area contributed by atoms with E-state index in [1.54, 1.807) is 11.9 Å². The smallest absolute Gasteiger partial charge is 0.251 e. The van der Waals surface area contributed by atoms with Gasteiger partial charge in [-0.1, -0.05) is 49.6 Å². The van der Waals surface area contributed by atoms with Gasteiger partial charge in [-0.15, -0.1) is 0 Å². The van der Waals surface area contributed by atoms with Gasteiger partial charge in [0.15, 0.2) is 6.10 Å². The molecule has 1 saturated carbocycles. The van der Waals surface area contributed by atoms with Gasteiger partial charge < -0.3 is 15.0 Å². The molecule has 1 N–H and O–H groups in total. The summed E-state index contributed by atoms with van der Waals surface area (Å²) in [5.41, 5.74) is 0.923. The average Bonchev–Trinajstić information content (AvgIpc) is 2.58. The van der Waals surface area contributed by atoms with E-state index in [4.69, 9.17) is 4.74 Å². The van der Waals surface area contributed by atoms with Crippen LogP contribution in [0.3, 0.4) is 0 Å². The number of likely N-dealkylation sites (N-methyl/N-ethyl adjacent to an activating group) is 1. The van der Waals surface area contributed by atoms with E-state index in [1.807, 2.05) is 30.3 Å². The Bertz CT molecular complexity index is 555. The number of carbonyl (C=O) groups is 2. The van der Waals surface area contributed by atoms with Crippen molar-refractivity contribution in [3.63, 3.8) is 0 Å². The zero-order valence-corrected chi connectivity index (χ0v) is 13.5. The van der Waals surface area contributed by atoms with Crippen LogP contribution in [0.15, 0.2) is 30.3 Å². The maximum Gasteiger partial charge on any atom is 0.251 e. The highest BCUT2D eigenvalue weighted by Crippen LogP contribution is 2.29. The maximum absolute atomic E-state index is 12.7. The number of benzene rings is 1. The van der Waals surface area contributed by atoms with E-state index in [0.717, 1.165) is 31.2 Å². The van der Waals surface area contributed by atoms with Crippen LogP contribution in [-0.2, 0) is 14.3 Å². The van der Waals surface area contributed by atoms with Gasteiger partial charge in [-0.05, 0) is 18.4 Å². The number of ether oxygens (including phenoxy) is 1. The summed E-state index contributed by atoms with van der Waals surface area (Å²) >= 11 is 0. The zero-order valence-electron chi connectivity index (χ0n) is 13.5. The normalized spacial score (nSPS) is 26.1. The summed E-state index contributed by atoms with van der Waals surface area (Å²) in [6, 6.07) is 9.48. The molecule has 2 atom stereocenters. The first-order valence-corrected chi connectivity index (χ1v) is 8.39. The molecule has 5 nitrogen and oxygen atoms in total. The van der Waals surface area contributed by atoms with Crippen molar-refractivity contribution in [3.05, 3.63) is 35.9 Å². The Labute approximate surface area is 137 Å². The van der Waals surface area contributed by atoms with Crippen molar-refractivity contribution in [2.24, 2.45) is 0 Å². The summed E-state index contributed by atoms with van der Waals surface area (Å²) in [5.74, 6) is -0.203. The Hall–Kier alpha value is -1.88. The van der Waals surface area contributed by atoms with Crippen molar-refractivity contribution >= 4 is 11.8 Å². The lowest BCUT2D eigenvalue weighted by Gasteiger charge is -2.39. The van der Waals surface area contributed by atoms with Crippen LogP contribution in [0.5, 0.6) is 0 Å². The number of carbonyl (C=O) groups excluding carboxylic acids is 2. The van der Waals surface area contributed by atoms with Crippen LogP contribution >= 0.6 is 0 Å². The molecule has 3 rings (SSSR count). The lowest BCUT2D eigenvalue weighted by Crippen LogP contribution is -2.54. The van der Waals surface area contributed by atoms with E-state index in [9.17, 15) is 9.59 Å². The van der Waals surface area contributed by atoms with Gasteiger partial charge in [-0.2, -0.15) is 0 Å². The largest absolute Gasteiger partial charge is 0.356 e. The fourth-order valence-electron chi connectivity index (χ4n) is 3.51. The second-order valence-corrected chi connectivity index (χ2v) is 6.44.